The van der Waals surface area contributed by atoms with Crippen LogP contribution in [0.2, 0.25) is 0 Å². The van der Waals surface area contributed by atoms with Gasteiger partial charge in [0.1, 0.15) is 0 Å². The van der Waals surface area contributed by atoms with E-state index in [9.17, 15) is 4.79 Å². The van der Waals surface area contributed by atoms with Gasteiger partial charge in [-0.15, -0.1) is 0 Å². The number of amides is 1. The van der Waals surface area contributed by atoms with Crippen LogP contribution in [0, 0.1) is 0 Å². The number of hydrazone groups is 1. The third-order valence-electron chi connectivity index (χ3n) is 0.768. The molecule has 0 aromatic carbocycles. The van der Waals surface area contributed by atoms with Crippen LogP contribution in [0.5, 0.6) is 0 Å². The third-order valence-corrected chi connectivity index (χ3v) is 1.52. The van der Waals surface area contributed by atoms with Crippen LogP contribution in [0.3, 0.4) is 0 Å². The molecule has 5 heteroatoms. The van der Waals surface area contributed by atoms with Gasteiger partial charge in [-0.25, -0.2) is 0 Å². The highest BCUT2D eigenvalue weighted by Crippen LogP contribution is 2.10. The molecule has 1 amide bonds. The summed E-state index contributed by atoms with van der Waals surface area (Å²) in [6.45, 7) is 6.73. The minimum Gasteiger partial charge on any atom is -0.323 e. The first-order valence-corrected chi connectivity index (χ1v) is 3.76. The Hall–Kier alpha value is -0.970. The van der Waals surface area contributed by atoms with Crippen LogP contribution < -0.4 is 11.2 Å². The van der Waals surface area contributed by atoms with Crippen molar-refractivity contribution in [3.8, 4) is 0 Å². The SMILES string of the molecule is C=C(NC(C)=O)S/C(C)=N\N. The standard InChI is InChI=1S/C6H11N3OS/c1-4(10)8-5(2)11-6(3)9-7/h2,7H2,1,3H3,(H,8,10)/b9-6-. The summed E-state index contributed by atoms with van der Waals surface area (Å²) >= 11 is 1.23. The fourth-order valence-corrected chi connectivity index (χ4v) is 1.03. The van der Waals surface area contributed by atoms with Crippen LogP contribution in [0.1, 0.15) is 13.8 Å². The van der Waals surface area contributed by atoms with Gasteiger partial charge in [-0.05, 0) is 6.92 Å². The Balaban J connectivity index is 3.79. The lowest BCUT2D eigenvalue weighted by Crippen LogP contribution is -2.17. The van der Waals surface area contributed by atoms with Crippen molar-refractivity contribution in [3.63, 3.8) is 0 Å². The molecule has 62 valence electrons. The predicted octanol–water partition coefficient (Wildman–Crippen LogP) is 0.619. The first-order chi connectivity index (χ1) is 5.06. The van der Waals surface area contributed by atoms with Gasteiger partial charge in [0.15, 0.2) is 0 Å². The number of nitrogens with zero attached hydrogens (tertiary/aromatic N) is 1. The molecule has 0 aliphatic heterocycles. The fraction of sp³-hybridized carbons (Fsp3) is 0.333. The molecule has 0 aliphatic carbocycles. The summed E-state index contributed by atoms with van der Waals surface area (Å²) in [6.07, 6.45) is 0. The van der Waals surface area contributed by atoms with Gasteiger partial charge in [-0.3, -0.25) is 4.79 Å². The number of thioether (sulfide) groups is 1. The zero-order valence-electron chi connectivity index (χ0n) is 6.55. The van der Waals surface area contributed by atoms with Crippen LogP contribution in [-0.2, 0) is 4.79 Å². The Morgan fingerprint density at radius 2 is 2.18 bits per heavy atom. The zero-order chi connectivity index (χ0) is 8.85. The second kappa shape index (κ2) is 4.79. The van der Waals surface area contributed by atoms with Crippen molar-refractivity contribution in [2.45, 2.75) is 13.8 Å². The van der Waals surface area contributed by atoms with Crippen molar-refractivity contribution >= 4 is 22.7 Å². The minimum atomic E-state index is -0.146. The second-order valence-corrected chi connectivity index (χ2v) is 3.14. The zero-order valence-corrected chi connectivity index (χ0v) is 7.36. The van der Waals surface area contributed by atoms with Gasteiger partial charge in [-0.2, -0.15) is 5.10 Å². The molecule has 0 radical (unpaired) electrons. The fourth-order valence-electron chi connectivity index (χ4n) is 0.427. The molecule has 0 rings (SSSR count). The van der Waals surface area contributed by atoms with E-state index in [4.69, 9.17) is 5.84 Å². The molecule has 0 atom stereocenters. The van der Waals surface area contributed by atoms with E-state index in [-0.39, 0.29) is 5.91 Å². The molecule has 0 fully saturated rings. The Morgan fingerprint density at radius 1 is 1.64 bits per heavy atom. The maximum Gasteiger partial charge on any atom is 0.221 e. The van der Waals surface area contributed by atoms with Gasteiger partial charge in [0, 0.05) is 6.92 Å². The van der Waals surface area contributed by atoms with Gasteiger partial charge in [0.05, 0.1) is 10.1 Å². The summed E-state index contributed by atoms with van der Waals surface area (Å²) < 4.78 is 0. The van der Waals surface area contributed by atoms with E-state index in [0.717, 1.165) is 0 Å². The predicted molar refractivity (Wildman–Crippen MR) is 47.8 cm³/mol. The van der Waals surface area contributed by atoms with Crippen molar-refractivity contribution in [1.82, 2.24) is 5.32 Å². The third kappa shape index (κ3) is 5.47. The molecule has 0 aromatic heterocycles. The Labute approximate surface area is 69.9 Å². The van der Waals surface area contributed by atoms with Crippen LogP contribution >= 0.6 is 11.8 Å². The number of carbonyl (C=O) groups excluding carboxylic acids is 1. The molecular formula is C6H11N3OS. The number of hydrogen-bond donors (Lipinski definition) is 2. The van der Waals surface area contributed by atoms with Crippen LogP contribution in [-0.4, -0.2) is 11.0 Å². The molecule has 0 unspecified atom stereocenters. The summed E-state index contributed by atoms with van der Waals surface area (Å²) in [6, 6.07) is 0. The Morgan fingerprint density at radius 3 is 2.55 bits per heavy atom. The highest BCUT2D eigenvalue weighted by atomic mass is 32.2. The molecule has 0 saturated carbocycles. The largest absolute Gasteiger partial charge is 0.323 e. The van der Waals surface area contributed by atoms with E-state index in [0.29, 0.717) is 10.1 Å². The van der Waals surface area contributed by atoms with E-state index in [2.05, 4.69) is 17.0 Å². The minimum absolute atomic E-state index is 0.146. The van der Waals surface area contributed by atoms with E-state index in [1.54, 1.807) is 6.92 Å². The lowest BCUT2D eigenvalue weighted by Gasteiger charge is -2.02. The Bertz CT molecular complexity index is 200. The highest BCUT2D eigenvalue weighted by molar-refractivity contribution is 8.17. The van der Waals surface area contributed by atoms with Crippen molar-refractivity contribution in [2.24, 2.45) is 10.9 Å². The highest BCUT2D eigenvalue weighted by Gasteiger charge is 1.98. The number of carbonyl (C=O) groups is 1. The molecule has 0 aliphatic rings. The van der Waals surface area contributed by atoms with Gasteiger partial charge >= 0.3 is 0 Å². The maximum atomic E-state index is 10.5. The van der Waals surface area contributed by atoms with Crippen molar-refractivity contribution in [3.05, 3.63) is 11.6 Å². The quantitative estimate of drug-likeness (QED) is 0.278. The van der Waals surface area contributed by atoms with E-state index < -0.39 is 0 Å². The van der Waals surface area contributed by atoms with Gasteiger partial charge in [0.25, 0.3) is 0 Å². The molecule has 3 N–H and O–H groups in total. The normalized spacial score (nSPS) is 10.9. The molecule has 0 spiro atoms. The first kappa shape index (κ1) is 10.0. The number of nitrogens with one attached hydrogen (secondary N) is 1. The lowest BCUT2D eigenvalue weighted by atomic mass is 10.7. The molecule has 4 nitrogen and oxygen atoms in total. The van der Waals surface area contributed by atoms with E-state index in [1.807, 2.05) is 0 Å². The number of hydrogen-bond acceptors (Lipinski definition) is 4. The van der Waals surface area contributed by atoms with Gasteiger partial charge in [-0.1, -0.05) is 18.3 Å². The lowest BCUT2D eigenvalue weighted by molar-refractivity contribution is -0.118. The Kier molecular flexibility index (Phi) is 4.36. The van der Waals surface area contributed by atoms with Crippen LogP contribution in [0.15, 0.2) is 16.7 Å². The average Bonchev–Trinajstić information content (AvgIpc) is 1.85. The van der Waals surface area contributed by atoms with Crippen LogP contribution in [0.4, 0.5) is 0 Å². The summed E-state index contributed by atoms with van der Waals surface area (Å²) in [7, 11) is 0. The van der Waals surface area contributed by atoms with Gasteiger partial charge < -0.3 is 11.2 Å². The van der Waals surface area contributed by atoms with Crippen molar-refractivity contribution in [2.75, 3.05) is 0 Å². The van der Waals surface area contributed by atoms with Crippen LogP contribution in [0.25, 0.3) is 0 Å². The molecule has 11 heavy (non-hydrogen) atoms. The maximum absolute atomic E-state index is 10.5. The summed E-state index contributed by atoms with van der Waals surface area (Å²) in [5.41, 5.74) is 0. The number of rotatable bonds is 2. The monoisotopic (exact) mass is 173 g/mol. The van der Waals surface area contributed by atoms with E-state index in [1.165, 1.54) is 18.7 Å². The summed E-state index contributed by atoms with van der Waals surface area (Å²) in [5.74, 6) is 4.82. The molecule has 0 aromatic rings. The van der Waals surface area contributed by atoms with Gasteiger partial charge in [0.2, 0.25) is 5.91 Å². The summed E-state index contributed by atoms with van der Waals surface area (Å²) in [5, 5.41) is 7.09. The summed E-state index contributed by atoms with van der Waals surface area (Å²) in [4.78, 5) is 10.5. The molecule has 0 heterocycles. The number of nitrogens with two attached hydrogens (primary N) is 1. The average molecular weight is 173 g/mol. The van der Waals surface area contributed by atoms with Crippen molar-refractivity contribution < 1.29 is 4.79 Å². The molecule has 0 bridgehead atoms. The van der Waals surface area contributed by atoms with Crippen molar-refractivity contribution in [1.29, 1.82) is 0 Å². The molecule has 0 saturated heterocycles. The van der Waals surface area contributed by atoms with E-state index >= 15 is 0 Å². The first-order valence-electron chi connectivity index (χ1n) is 2.95. The smallest absolute Gasteiger partial charge is 0.221 e. The molecular weight excluding hydrogens is 162 g/mol. The second-order valence-electron chi connectivity index (χ2n) is 1.85. The topological polar surface area (TPSA) is 67.5 Å².